The lowest BCUT2D eigenvalue weighted by atomic mass is 9.93. The van der Waals surface area contributed by atoms with Crippen molar-refractivity contribution in [3.05, 3.63) is 83.2 Å². The first-order chi connectivity index (χ1) is 15.3. The molecular weight excluding hydrogens is 406 g/mol. The lowest BCUT2D eigenvalue weighted by Gasteiger charge is -2.25. The summed E-state index contributed by atoms with van der Waals surface area (Å²) in [5.74, 6) is 2.60. The summed E-state index contributed by atoms with van der Waals surface area (Å²) in [5.41, 5.74) is 6.17. The van der Waals surface area contributed by atoms with Gasteiger partial charge in [-0.05, 0) is 60.0 Å². The van der Waals surface area contributed by atoms with Crippen LogP contribution in [0.15, 0.2) is 65.8 Å². The first-order valence-corrected chi connectivity index (χ1v) is 11.4. The summed E-state index contributed by atoms with van der Waals surface area (Å²) >= 11 is 1.72. The number of ether oxygens (including phenoxy) is 2. The Balaban J connectivity index is 1.49. The normalized spacial score (nSPS) is 15.6. The van der Waals surface area contributed by atoms with Gasteiger partial charge in [-0.1, -0.05) is 12.1 Å². The van der Waals surface area contributed by atoms with Gasteiger partial charge in [0.1, 0.15) is 11.5 Å². The second-order valence-corrected chi connectivity index (χ2v) is 8.59. The van der Waals surface area contributed by atoms with Crippen LogP contribution in [-0.4, -0.2) is 30.7 Å². The highest BCUT2D eigenvalue weighted by Gasteiger charge is 2.26. The van der Waals surface area contributed by atoms with E-state index in [-0.39, 0.29) is 6.04 Å². The van der Waals surface area contributed by atoms with Crippen LogP contribution in [0.5, 0.6) is 11.5 Å². The lowest BCUT2D eigenvalue weighted by molar-refractivity contribution is 0.411. The molecule has 1 aliphatic heterocycles. The van der Waals surface area contributed by atoms with Gasteiger partial charge in [-0.15, -0.1) is 11.8 Å². The maximum Gasteiger partial charge on any atom is 0.122 e. The Morgan fingerprint density at radius 1 is 1.06 bits per heavy atom. The molecule has 0 bridgehead atoms. The van der Waals surface area contributed by atoms with E-state index in [2.05, 4.69) is 45.6 Å². The molecule has 0 spiro atoms. The number of nitrogens with zero attached hydrogens (tertiary/aromatic N) is 1. The number of fused-ring (bicyclic) bond motifs is 3. The SMILES string of the molecule is COc1ccc2[nH]c3c(c2c1)CCN[C@@H]3c1ccc(OC)c(CSc2ccccn2)c1. The number of aromatic amines is 1. The minimum Gasteiger partial charge on any atom is -0.497 e. The Kier molecular flexibility index (Phi) is 5.57. The van der Waals surface area contributed by atoms with E-state index in [1.54, 1.807) is 26.0 Å². The van der Waals surface area contributed by atoms with Gasteiger partial charge in [-0.25, -0.2) is 4.98 Å². The molecule has 3 heterocycles. The Hall–Kier alpha value is -2.96. The summed E-state index contributed by atoms with van der Waals surface area (Å²) < 4.78 is 11.1. The van der Waals surface area contributed by atoms with Crippen molar-refractivity contribution in [2.75, 3.05) is 20.8 Å². The summed E-state index contributed by atoms with van der Waals surface area (Å²) in [4.78, 5) is 8.08. The molecule has 1 aliphatic rings. The molecule has 0 fully saturated rings. The predicted molar refractivity (Wildman–Crippen MR) is 125 cm³/mol. The van der Waals surface area contributed by atoms with Gasteiger partial charge in [0.2, 0.25) is 0 Å². The van der Waals surface area contributed by atoms with E-state index in [1.165, 1.54) is 27.8 Å². The van der Waals surface area contributed by atoms with Crippen molar-refractivity contribution in [1.82, 2.24) is 15.3 Å². The number of benzene rings is 2. The summed E-state index contributed by atoms with van der Waals surface area (Å²) in [5, 5.41) is 5.96. The predicted octanol–water partition coefficient (Wildman–Crippen LogP) is 5.11. The number of hydrogen-bond acceptors (Lipinski definition) is 5. The molecule has 4 aromatic rings. The van der Waals surface area contributed by atoms with Crippen LogP contribution in [0.25, 0.3) is 10.9 Å². The number of methoxy groups -OCH3 is 2. The minimum absolute atomic E-state index is 0.117. The Bertz CT molecular complexity index is 1210. The van der Waals surface area contributed by atoms with Crippen LogP contribution in [0.2, 0.25) is 0 Å². The van der Waals surface area contributed by atoms with Crippen molar-refractivity contribution < 1.29 is 9.47 Å². The molecule has 0 aliphatic carbocycles. The molecule has 0 unspecified atom stereocenters. The van der Waals surface area contributed by atoms with Crippen molar-refractivity contribution in [1.29, 1.82) is 0 Å². The zero-order valence-electron chi connectivity index (χ0n) is 17.6. The monoisotopic (exact) mass is 431 g/mol. The van der Waals surface area contributed by atoms with E-state index in [9.17, 15) is 0 Å². The zero-order chi connectivity index (χ0) is 21.2. The van der Waals surface area contributed by atoms with Crippen LogP contribution in [0, 0.1) is 0 Å². The third-order valence-electron chi connectivity index (χ3n) is 5.81. The quantitative estimate of drug-likeness (QED) is 0.416. The first kappa shape index (κ1) is 20.0. The Morgan fingerprint density at radius 3 is 2.81 bits per heavy atom. The molecule has 5 nitrogen and oxygen atoms in total. The average molecular weight is 432 g/mol. The number of rotatable bonds is 6. The molecule has 31 heavy (non-hydrogen) atoms. The van der Waals surface area contributed by atoms with E-state index in [0.717, 1.165) is 40.8 Å². The van der Waals surface area contributed by atoms with E-state index in [1.807, 2.05) is 30.5 Å². The summed E-state index contributed by atoms with van der Waals surface area (Å²) in [6, 6.07) is 18.8. The maximum atomic E-state index is 5.64. The van der Waals surface area contributed by atoms with E-state index in [0.29, 0.717) is 0 Å². The van der Waals surface area contributed by atoms with Gasteiger partial charge in [0, 0.05) is 40.7 Å². The van der Waals surface area contributed by atoms with Crippen LogP contribution in [-0.2, 0) is 12.2 Å². The number of thioether (sulfide) groups is 1. The van der Waals surface area contributed by atoms with Crippen LogP contribution in [0.1, 0.15) is 28.4 Å². The molecule has 0 saturated carbocycles. The fourth-order valence-electron chi connectivity index (χ4n) is 4.29. The lowest BCUT2D eigenvalue weighted by Crippen LogP contribution is -2.30. The molecule has 1 atom stereocenters. The van der Waals surface area contributed by atoms with E-state index in [4.69, 9.17) is 9.47 Å². The highest BCUT2D eigenvalue weighted by Crippen LogP contribution is 2.37. The Labute approximate surface area is 186 Å². The van der Waals surface area contributed by atoms with Gasteiger partial charge in [-0.3, -0.25) is 0 Å². The van der Waals surface area contributed by atoms with Crippen LogP contribution in [0.3, 0.4) is 0 Å². The van der Waals surface area contributed by atoms with Crippen LogP contribution >= 0.6 is 11.8 Å². The maximum absolute atomic E-state index is 5.64. The molecule has 6 heteroatoms. The smallest absolute Gasteiger partial charge is 0.122 e. The van der Waals surface area contributed by atoms with E-state index >= 15 is 0 Å². The summed E-state index contributed by atoms with van der Waals surface area (Å²) in [7, 11) is 3.44. The third kappa shape index (κ3) is 3.89. The summed E-state index contributed by atoms with van der Waals surface area (Å²) in [6.45, 7) is 0.936. The number of hydrogen-bond donors (Lipinski definition) is 2. The fourth-order valence-corrected chi connectivity index (χ4v) is 5.13. The van der Waals surface area contributed by atoms with Crippen molar-refractivity contribution in [2.24, 2.45) is 0 Å². The van der Waals surface area contributed by atoms with Gasteiger partial charge in [0.25, 0.3) is 0 Å². The first-order valence-electron chi connectivity index (χ1n) is 10.4. The van der Waals surface area contributed by atoms with Gasteiger partial charge < -0.3 is 19.8 Å². The molecule has 158 valence electrons. The van der Waals surface area contributed by atoms with Gasteiger partial charge >= 0.3 is 0 Å². The third-order valence-corrected chi connectivity index (χ3v) is 6.80. The van der Waals surface area contributed by atoms with Crippen molar-refractivity contribution in [3.63, 3.8) is 0 Å². The second kappa shape index (κ2) is 8.65. The zero-order valence-corrected chi connectivity index (χ0v) is 18.5. The van der Waals surface area contributed by atoms with E-state index < -0.39 is 0 Å². The molecule has 2 aromatic carbocycles. The minimum atomic E-state index is 0.117. The van der Waals surface area contributed by atoms with Gasteiger partial charge in [-0.2, -0.15) is 0 Å². The molecule has 2 aromatic heterocycles. The fraction of sp³-hybridized carbons (Fsp3) is 0.240. The van der Waals surface area contributed by atoms with Gasteiger partial charge in [0.05, 0.1) is 25.3 Å². The highest BCUT2D eigenvalue weighted by molar-refractivity contribution is 7.98. The van der Waals surface area contributed by atoms with Crippen LogP contribution < -0.4 is 14.8 Å². The average Bonchev–Trinajstić information content (AvgIpc) is 3.21. The highest BCUT2D eigenvalue weighted by atomic mass is 32.2. The van der Waals surface area contributed by atoms with Crippen LogP contribution in [0.4, 0.5) is 0 Å². The molecule has 0 amide bonds. The Morgan fingerprint density at radius 2 is 2.00 bits per heavy atom. The number of pyridine rings is 1. The molecule has 5 rings (SSSR count). The summed E-state index contributed by atoms with van der Waals surface area (Å²) in [6.07, 6.45) is 2.83. The molecular formula is C25H25N3O2S. The molecule has 0 radical (unpaired) electrons. The van der Waals surface area contributed by atoms with Crippen molar-refractivity contribution >= 4 is 22.7 Å². The van der Waals surface area contributed by atoms with Gasteiger partial charge in [0.15, 0.2) is 0 Å². The largest absolute Gasteiger partial charge is 0.497 e. The molecule has 2 N–H and O–H groups in total. The topological polar surface area (TPSA) is 59.2 Å². The number of aromatic nitrogens is 2. The molecule has 0 saturated heterocycles. The number of nitrogens with one attached hydrogen (secondary N) is 2. The second-order valence-electron chi connectivity index (χ2n) is 7.59. The standard InChI is InChI=1S/C25H25N3O2S/c1-29-18-7-8-21-20(14-18)19-10-12-27-24(25(19)28-21)16-6-9-22(30-2)17(13-16)15-31-23-5-3-4-11-26-23/h3-9,11,13-14,24,27-28H,10,12,15H2,1-2H3/t24-/m1/s1. The van der Waals surface area contributed by atoms with Crippen molar-refractivity contribution in [3.8, 4) is 11.5 Å². The number of H-pyrrole nitrogens is 1. The van der Waals surface area contributed by atoms with Crippen molar-refractivity contribution in [2.45, 2.75) is 23.2 Å².